The lowest BCUT2D eigenvalue weighted by atomic mass is 10.0. The van der Waals surface area contributed by atoms with Crippen molar-refractivity contribution < 1.29 is 32.9 Å². The van der Waals surface area contributed by atoms with E-state index in [0.29, 0.717) is 0 Å². The van der Waals surface area contributed by atoms with Crippen LogP contribution in [0.2, 0.25) is 0 Å². The molecule has 3 nitrogen and oxygen atoms in total. The average Bonchev–Trinajstić information content (AvgIpc) is 2.38. The van der Waals surface area contributed by atoms with Gasteiger partial charge in [0.1, 0.15) is 11.5 Å². The molecule has 0 atom stereocenters. The van der Waals surface area contributed by atoms with Gasteiger partial charge in [0.25, 0.3) is 0 Å². The van der Waals surface area contributed by atoms with Crippen molar-refractivity contribution in [1.82, 2.24) is 0 Å². The minimum absolute atomic E-state index is 0.447. The summed E-state index contributed by atoms with van der Waals surface area (Å²) in [5.74, 6) is -10.8. The summed E-state index contributed by atoms with van der Waals surface area (Å²) in [5.41, 5.74) is -1.66. The molecule has 2 aromatic rings. The van der Waals surface area contributed by atoms with Gasteiger partial charge in [-0.2, -0.15) is 4.39 Å². The molecule has 100 valence electrons. The van der Waals surface area contributed by atoms with Crippen LogP contribution in [0.3, 0.4) is 0 Å². The Labute approximate surface area is 104 Å². The van der Waals surface area contributed by atoms with E-state index in [0.717, 1.165) is 18.2 Å². The largest absolute Gasteiger partial charge is 0.508 e. The summed E-state index contributed by atoms with van der Waals surface area (Å²) < 4.78 is 52.7. The Morgan fingerprint density at radius 2 is 1.32 bits per heavy atom. The zero-order valence-corrected chi connectivity index (χ0v) is 9.09. The summed E-state index contributed by atoms with van der Waals surface area (Å²) in [4.78, 5) is 0. The Morgan fingerprint density at radius 1 is 0.737 bits per heavy atom. The number of hydrogen-bond donors (Lipinski definition) is 3. The third kappa shape index (κ3) is 1.92. The van der Waals surface area contributed by atoms with Crippen LogP contribution in [-0.2, 0) is 0 Å². The van der Waals surface area contributed by atoms with Crippen LogP contribution in [0.5, 0.6) is 17.2 Å². The summed E-state index contributed by atoms with van der Waals surface area (Å²) in [7, 11) is 0. The first-order chi connectivity index (χ1) is 8.84. The Kier molecular flexibility index (Phi) is 2.97. The molecule has 0 bridgehead atoms. The highest BCUT2D eigenvalue weighted by Gasteiger charge is 2.27. The first kappa shape index (κ1) is 13.0. The molecule has 0 aliphatic carbocycles. The van der Waals surface area contributed by atoms with Crippen LogP contribution in [0.4, 0.5) is 17.6 Å². The molecule has 0 heterocycles. The number of rotatable bonds is 1. The molecule has 2 rings (SSSR count). The quantitative estimate of drug-likeness (QED) is 0.324. The van der Waals surface area contributed by atoms with Crippen molar-refractivity contribution in [3.63, 3.8) is 0 Å². The van der Waals surface area contributed by atoms with E-state index in [-0.39, 0.29) is 0 Å². The highest BCUT2D eigenvalue weighted by molar-refractivity contribution is 5.77. The fourth-order valence-electron chi connectivity index (χ4n) is 1.59. The van der Waals surface area contributed by atoms with Crippen LogP contribution in [0.15, 0.2) is 18.2 Å². The molecule has 3 N–H and O–H groups in total. The van der Waals surface area contributed by atoms with Crippen LogP contribution in [0.1, 0.15) is 0 Å². The van der Waals surface area contributed by atoms with Crippen molar-refractivity contribution in [2.24, 2.45) is 0 Å². The molecule has 0 aliphatic heterocycles. The molecule has 0 amide bonds. The topological polar surface area (TPSA) is 60.7 Å². The highest BCUT2D eigenvalue weighted by atomic mass is 19.2. The Morgan fingerprint density at radius 3 is 1.95 bits per heavy atom. The molecule has 0 unspecified atom stereocenters. The van der Waals surface area contributed by atoms with E-state index in [2.05, 4.69) is 0 Å². The maximum absolute atomic E-state index is 13.6. The van der Waals surface area contributed by atoms with Gasteiger partial charge in [0.05, 0.1) is 5.56 Å². The first-order valence-electron chi connectivity index (χ1n) is 4.91. The van der Waals surface area contributed by atoms with E-state index < -0.39 is 51.6 Å². The third-order valence-corrected chi connectivity index (χ3v) is 2.49. The molecule has 0 fully saturated rings. The SMILES string of the molecule is Oc1ccc(O)c(-c2c(O)c(F)c(F)c(F)c2F)c1. The van der Waals surface area contributed by atoms with Gasteiger partial charge in [-0.05, 0) is 18.2 Å². The Hall–Kier alpha value is -2.44. The summed E-state index contributed by atoms with van der Waals surface area (Å²) in [6, 6.07) is 2.72. The number of aromatic hydroxyl groups is 3. The van der Waals surface area contributed by atoms with Crippen molar-refractivity contribution >= 4 is 0 Å². The van der Waals surface area contributed by atoms with Crippen molar-refractivity contribution in [1.29, 1.82) is 0 Å². The zero-order valence-electron chi connectivity index (χ0n) is 9.09. The molecule has 0 spiro atoms. The molecule has 0 radical (unpaired) electrons. The predicted molar refractivity (Wildman–Crippen MR) is 56.7 cm³/mol. The monoisotopic (exact) mass is 274 g/mol. The van der Waals surface area contributed by atoms with E-state index in [9.17, 15) is 32.9 Å². The van der Waals surface area contributed by atoms with Crippen molar-refractivity contribution in [2.75, 3.05) is 0 Å². The molecule has 2 aromatic carbocycles. The van der Waals surface area contributed by atoms with Crippen LogP contribution in [0.25, 0.3) is 11.1 Å². The van der Waals surface area contributed by atoms with Gasteiger partial charge in [0.2, 0.25) is 11.6 Å². The van der Waals surface area contributed by atoms with Gasteiger partial charge in [0.15, 0.2) is 17.4 Å². The minimum atomic E-state index is -2.17. The minimum Gasteiger partial charge on any atom is -0.508 e. The van der Waals surface area contributed by atoms with Gasteiger partial charge < -0.3 is 15.3 Å². The second kappa shape index (κ2) is 4.34. The molecule has 0 aliphatic rings. The second-order valence-corrected chi connectivity index (χ2v) is 3.68. The number of phenols is 3. The van der Waals surface area contributed by atoms with E-state index in [1.807, 2.05) is 0 Å². The van der Waals surface area contributed by atoms with Crippen LogP contribution >= 0.6 is 0 Å². The number of phenolic OH excluding ortho intramolecular Hbond substituents is 3. The molecule has 0 aromatic heterocycles. The predicted octanol–water partition coefficient (Wildman–Crippen LogP) is 3.03. The van der Waals surface area contributed by atoms with Crippen molar-refractivity contribution in [3.05, 3.63) is 41.5 Å². The van der Waals surface area contributed by atoms with E-state index in [1.165, 1.54) is 0 Å². The highest BCUT2D eigenvalue weighted by Crippen LogP contribution is 2.42. The lowest BCUT2D eigenvalue weighted by Gasteiger charge is -2.11. The van der Waals surface area contributed by atoms with Crippen molar-refractivity contribution in [3.8, 4) is 28.4 Å². The standard InChI is InChI=1S/C12H6F4O3/c13-8-7(5-3-4(17)1-2-6(5)18)12(19)11(16)10(15)9(8)14/h1-3,17-19H. The van der Waals surface area contributed by atoms with Gasteiger partial charge >= 0.3 is 0 Å². The fraction of sp³-hybridized carbons (Fsp3) is 0. The molecular weight excluding hydrogens is 268 g/mol. The van der Waals surface area contributed by atoms with Crippen molar-refractivity contribution in [2.45, 2.75) is 0 Å². The number of hydrogen-bond acceptors (Lipinski definition) is 3. The van der Waals surface area contributed by atoms with E-state index >= 15 is 0 Å². The summed E-state index contributed by atoms with van der Waals surface area (Å²) in [6.07, 6.45) is 0. The van der Waals surface area contributed by atoms with E-state index in [4.69, 9.17) is 0 Å². The molecule has 0 saturated heterocycles. The fourth-order valence-corrected chi connectivity index (χ4v) is 1.59. The molecule has 0 saturated carbocycles. The summed E-state index contributed by atoms with van der Waals surface area (Å²) in [5, 5.41) is 28.0. The van der Waals surface area contributed by atoms with Gasteiger partial charge in [-0.25, -0.2) is 13.2 Å². The van der Waals surface area contributed by atoms with Gasteiger partial charge in [-0.1, -0.05) is 0 Å². The summed E-state index contributed by atoms with van der Waals surface area (Å²) >= 11 is 0. The molecule has 19 heavy (non-hydrogen) atoms. The Bertz CT molecular complexity index is 642. The second-order valence-electron chi connectivity index (χ2n) is 3.68. The lowest BCUT2D eigenvalue weighted by Crippen LogP contribution is -2.00. The van der Waals surface area contributed by atoms with Crippen LogP contribution in [0, 0.1) is 23.3 Å². The first-order valence-corrected chi connectivity index (χ1v) is 4.91. The maximum Gasteiger partial charge on any atom is 0.204 e. The third-order valence-electron chi connectivity index (χ3n) is 2.49. The van der Waals surface area contributed by atoms with Gasteiger partial charge in [0, 0.05) is 5.56 Å². The lowest BCUT2D eigenvalue weighted by molar-refractivity contribution is 0.367. The molecular formula is C12H6F4O3. The van der Waals surface area contributed by atoms with Crippen LogP contribution in [-0.4, -0.2) is 15.3 Å². The van der Waals surface area contributed by atoms with Gasteiger partial charge in [-0.15, -0.1) is 0 Å². The summed E-state index contributed by atoms with van der Waals surface area (Å²) in [6.45, 7) is 0. The molecule has 7 heteroatoms. The zero-order chi connectivity index (χ0) is 14.3. The van der Waals surface area contributed by atoms with Crippen LogP contribution < -0.4 is 0 Å². The Balaban J connectivity index is 2.87. The number of halogens is 4. The maximum atomic E-state index is 13.6. The normalized spacial score (nSPS) is 10.7. The number of benzene rings is 2. The van der Waals surface area contributed by atoms with Gasteiger partial charge in [-0.3, -0.25) is 0 Å². The van der Waals surface area contributed by atoms with E-state index in [1.54, 1.807) is 0 Å². The average molecular weight is 274 g/mol. The smallest absolute Gasteiger partial charge is 0.204 e.